The molecule has 4 nitrogen and oxygen atoms in total. The Morgan fingerprint density at radius 3 is 2.36 bits per heavy atom. The molecule has 1 aliphatic rings. The average Bonchev–Trinajstić information content (AvgIpc) is 2.72. The third-order valence-electron chi connectivity index (χ3n) is 5.97. The smallest absolute Gasteiger partial charge is 0.227 e. The van der Waals surface area contributed by atoms with Gasteiger partial charge in [0.25, 0.3) is 0 Å². The van der Waals surface area contributed by atoms with Crippen molar-refractivity contribution >= 4 is 11.6 Å². The van der Waals surface area contributed by atoms with Crippen LogP contribution in [-0.4, -0.2) is 43.2 Å². The maximum Gasteiger partial charge on any atom is 0.227 e. The molecule has 3 rings (SSSR count). The van der Waals surface area contributed by atoms with E-state index >= 15 is 0 Å². The predicted molar refractivity (Wildman–Crippen MR) is 114 cm³/mol. The molecule has 0 saturated carbocycles. The first-order valence-electron chi connectivity index (χ1n) is 10.2. The Labute approximate surface area is 169 Å². The molecule has 0 aliphatic carbocycles. The van der Waals surface area contributed by atoms with Gasteiger partial charge in [-0.3, -0.25) is 9.69 Å². The number of carbonyl (C=O) groups excluding carboxylic acids is 1. The second kappa shape index (κ2) is 9.35. The molecule has 0 aromatic heterocycles. The van der Waals surface area contributed by atoms with Gasteiger partial charge in [0, 0.05) is 38.9 Å². The van der Waals surface area contributed by atoms with Gasteiger partial charge in [0.2, 0.25) is 5.91 Å². The van der Waals surface area contributed by atoms with Gasteiger partial charge in [0.15, 0.2) is 0 Å². The molecule has 1 fully saturated rings. The van der Waals surface area contributed by atoms with Crippen LogP contribution in [0.2, 0.25) is 0 Å². The number of likely N-dealkylation sites (tertiary alicyclic amines) is 1. The van der Waals surface area contributed by atoms with Crippen LogP contribution in [0.15, 0.2) is 60.7 Å². The summed E-state index contributed by atoms with van der Waals surface area (Å²) in [4.78, 5) is 17.6. The van der Waals surface area contributed by atoms with Crippen molar-refractivity contribution in [1.82, 2.24) is 4.90 Å². The Morgan fingerprint density at radius 1 is 1.14 bits per heavy atom. The second-order valence-electron chi connectivity index (χ2n) is 7.83. The second-order valence-corrected chi connectivity index (χ2v) is 7.83. The summed E-state index contributed by atoms with van der Waals surface area (Å²) in [6.07, 6.45) is 1.39. The van der Waals surface area contributed by atoms with Crippen LogP contribution in [0.25, 0.3) is 0 Å². The lowest BCUT2D eigenvalue weighted by Gasteiger charge is -2.52. The molecule has 0 unspecified atom stereocenters. The molecule has 0 bridgehead atoms. The quantitative estimate of drug-likeness (QED) is 0.716. The number of hydrogen-bond donors (Lipinski definition) is 0. The van der Waals surface area contributed by atoms with Crippen molar-refractivity contribution in [2.45, 2.75) is 38.8 Å². The molecule has 0 N–H and O–H groups in total. The number of rotatable bonds is 7. The third kappa shape index (κ3) is 4.29. The SMILES string of the molecule is CCC(=O)N(c1ccccc1)[C@@]1(COC)CCN(Cc2ccccc2)C[C@H]1C. The summed E-state index contributed by atoms with van der Waals surface area (Å²) in [5.41, 5.74) is 1.98. The van der Waals surface area contributed by atoms with Crippen molar-refractivity contribution in [3.05, 3.63) is 66.2 Å². The Morgan fingerprint density at radius 2 is 1.79 bits per heavy atom. The van der Waals surface area contributed by atoms with Crippen molar-refractivity contribution in [3.63, 3.8) is 0 Å². The maximum atomic E-state index is 13.1. The van der Waals surface area contributed by atoms with E-state index in [-0.39, 0.29) is 11.4 Å². The Balaban J connectivity index is 1.87. The van der Waals surface area contributed by atoms with E-state index in [1.807, 2.05) is 42.2 Å². The van der Waals surface area contributed by atoms with E-state index in [4.69, 9.17) is 4.74 Å². The van der Waals surface area contributed by atoms with Crippen LogP contribution in [-0.2, 0) is 16.1 Å². The number of nitrogens with zero attached hydrogens (tertiary/aromatic N) is 2. The molecule has 1 amide bonds. The average molecular weight is 381 g/mol. The molecule has 0 spiro atoms. The molecule has 1 heterocycles. The lowest BCUT2D eigenvalue weighted by Crippen LogP contribution is -2.64. The normalized spacial score (nSPS) is 22.8. The minimum absolute atomic E-state index is 0.159. The predicted octanol–water partition coefficient (Wildman–Crippen LogP) is 4.36. The molecule has 150 valence electrons. The van der Waals surface area contributed by atoms with E-state index in [2.05, 4.69) is 42.2 Å². The van der Waals surface area contributed by atoms with E-state index in [1.165, 1.54) is 5.56 Å². The largest absolute Gasteiger partial charge is 0.382 e. The van der Waals surface area contributed by atoms with Gasteiger partial charge in [-0.2, -0.15) is 0 Å². The van der Waals surface area contributed by atoms with Crippen molar-refractivity contribution in [2.75, 3.05) is 31.7 Å². The van der Waals surface area contributed by atoms with Crippen LogP contribution in [0, 0.1) is 5.92 Å². The molecular weight excluding hydrogens is 348 g/mol. The number of carbonyl (C=O) groups is 1. The molecule has 2 aromatic carbocycles. The van der Waals surface area contributed by atoms with E-state index in [0.29, 0.717) is 18.9 Å². The third-order valence-corrected chi connectivity index (χ3v) is 5.97. The maximum absolute atomic E-state index is 13.1. The van der Waals surface area contributed by atoms with Crippen molar-refractivity contribution in [2.24, 2.45) is 5.92 Å². The summed E-state index contributed by atoms with van der Waals surface area (Å²) in [5.74, 6) is 0.451. The zero-order chi connectivity index (χ0) is 20.0. The van der Waals surface area contributed by atoms with E-state index in [0.717, 1.165) is 31.7 Å². The Bertz CT molecular complexity index is 750. The fourth-order valence-electron chi connectivity index (χ4n) is 4.48. The Hall–Kier alpha value is -2.17. The highest BCUT2D eigenvalue weighted by Crippen LogP contribution is 2.38. The minimum atomic E-state index is -0.323. The molecule has 1 saturated heterocycles. The summed E-state index contributed by atoms with van der Waals surface area (Å²) in [6, 6.07) is 20.7. The van der Waals surface area contributed by atoms with E-state index < -0.39 is 0 Å². The summed E-state index contributed by atoms with van der Waals surface area (Å²) < 4.78 is 5.69. The standard InChI is InChI=1S/C24H32N2O2/c1-4-23(27)26(22-13-9-6-10-14-22)24(19-28-3)15-16-25(17-20(24)2)18-21-11-7-5-8-12-21/h5-14,20H,4,15-19H2,1-3H3/t20-,24-/m1/s1. The number of anilines is 1. The molecule has 2 atom stereocenters. The van der Waals surface area contributed by atoms with Crippen molar-refractivity contribution in [1.29, 1.82) is 0 Å². The first kappa shape index (κ1) is 20.6. The van der Waals surface area contributed by atoms with E-state index in [1.54, 1.807) is 7.11 Å². The number of benzene rings is 2. The minimum Gasteiger partial charge on any atom is -0.382 e. The lowest BCUT2D eigenvalue weighted by molar-refractivity contribution is -0.121. The van der Waals surface area contributed by atoms with Gasteiger partial charge in [0.05, 0.1) is 12.1 Å². The van der Waals surface area contributed by atoms with Gasteiger partial charge in [-0.15, -0.1) is 0 Å². The summed E-state index contributed by atoms with van der Waals surface area (Å²) in [5, 5.41) is 0. The van der Waals surface area contributed by atoms with Crippen molar-refractivity contribution < 1.29 is 9.53 Å². The van der Waals surface area contributed by atoms with Gasteiger partial charge in [-0.1, -0.05) is 62.4 Å². The number of para-hydroxylation sites is 1. The van der Waals surface area contributed by atoms with Gasteiger partial charge in [-0.25, -0.2) is 0 Å². The molecule has 28 heavy (non-hydrogen) atoms. The first-order valence-corrected chi connectivity index (χ1v) is 10.2. The van der Waals surface area contributed by atoms with Gasteiger partial charge in [0.1, 0.15) is 0 Å². The monoisotopic (exact) mass is 380 g/mol. The van der Waals surface area contributed by atoms with Crippen LogP contribution in [0.3, 0.4) is 0 Å². The Kier molecular flexibility index (Phi) is 6.87. The zero-order valence-corrected chi connectivity index (χ0v) is 17.3. The molecule has 2 aromatic rings. The van der Waals surface area contributed by atoms with Crippen LogP contribution in [0.1, 0.15) is 32.3 Å². The highest BCUT2D eigenvalue weighted by molar-refractivity contribution is 5.94. The first-order chi connectivity index (χ1) is 13.6. The number of ether oxygens (including phenoxy) is 1. The zero-order valence-electron chi connectivity index (χ0n) is 17.3. The van der Waals surface area contributed by atoms with Gasteiger partial charge in [-0.05, 0) is 30.0 Å². The van der Waals surface area contributed by atoms with Crippen LogP contribution < -0.4 is 4.90 Å². The lowest BCUT2D eigenvalue weighted by atomic mass is 9.77. The van der Waals surface area contributed by atoms with E-state index in [9.17, 15) is 4.79 Å². The number of hydrogen-bond acceptors (Lipinski definition) is 3. The van der Waals surface area contributed by atoms with Crippen LogP contribution in [0.4, 0.5) is 5.69 Å². The summed E-state index contributed by atoms with van der Waals surface area (Å²) in [7, 11) is 1.74. The van der Waals surface area contributed by atoms with Crippen LogP contribution >= 0.6 is 0 Å². The molecule has 4 heteroatoms. The fourth-order valence-corrected chi connectivity index (χ4v) is 4.48. The highest BCUT2D eigenvalue weighted by Gasteiger charge is 2.47. The fraction of sp³-hybridized carbons (Fsp3) is 0.458. The molecular formula is C24H32N2O2. The summed E-state index contributed by atoms with van der Waals surface area (Å²) in [6.45, 7) is 7.58. The summed E-state index contributed by atoms with van der Waals surface area (Å²) >= 11 is 0. The van der Waals surface area contributed by atoms with Crippen molar-refractivity contribution in [3.8, 4) is 0 Å². The molecule has 0 radical (unpaired) electrons. The number of amides is 1. The van der Waals surface area contributed by atoms with Gasteiger partial charge < -0.3 is 9.64 Å². The number of methoxy groups -OCH3 is 1. The molecule has 1 aliphatic heterocycles. The van der Waals surface area contributed by atoms with Gasteiger partial charge >= 0.3 is 0 Å². The topological polar surface area (TPSA) is 32.8 Å². The highest BCUT2D eigenvalue weighted by atomic mass is 16.5. The van der Waals surface area contributed by atoms with Crippen LogP contribution in [0.5, 0.6) is 0 Å². The number of piperidine rings is 1.